The summed E-state index contributed by atoms with van der Waals surface area (Å²) < 4.78 is 27.1. The minimum Gasteiger partial charge on any atom is -0.344 e. The number of amides is 2. The summed E-state index contributed by atoms with van der Waals surface area (Å²) in [6.45, 7) is 3.38. The van der Waals surface area contributed by atoms with Crippen LogP contribution in [0.4, 0.5) is 0 Å². The third kappa shape index (κ3) is 5.29. The summed E-state index contributed by atoms with van der Waals surface area (Å²) in [6, 6.07) is 5.71. The van der Waals surface area contributed by atoms with Gasteiger partial charge in [-0.2, -0.15) is 0 Å². The lowest BCUT2D eigenvalue weighted by Gasteiger charge is -2.23. The number of hydrogen-bond acceptors (Lipinski definition) is 4. The largest absolute Gasteiger partial charge is 0.344 e. The van der Waals surface area contributed by atoms with Gasteiger partial charge in [0.05, 0.1) is 4.90 Å². The molecule has 0 bridgehead atoms. The summed E-state index contributed by atoms with van der Waals surface area (Å²) in [5.74, 6) is -1.03. The quantitative estimate of drug-likeness (QED) is 0.773. The van der Waals surface area contributed by atoms with E-state index in [2.05, 4.69) is 17.0 Å². The standard InChI is InChI=1S/C18H26N2O4S/c1-3-6-14-9-11-16(12-10-14)25(23,24)20-18(22)17(19-13(2)21)15-7-4-5-8-15/h9-12,15,17H,3-8H2,1-2H3,(H,19,21)(H,20,22). The molecule has 0 saturated heterocycles. The van der Waals surface area contributed by atoms with Crippen molar-refractivity contribution in [2.45, 2.75) is 63.3 Å². The molecule has 0 heterocycles. The number of carbonyl (C=O) groups is 2. The zero-order valence-electron chi connectivity index (χ0n) is 14.7. The van der Waals surface area contributed by atoms with E-state index in [1.54, 1.807) is 12.1 Å². The Balaban J connectivity index is 2.13. The van der Waals surface area contributed by atoms with Crippen molar-refractivity contribution in [2.24, 2.45) is 5.92 Å². The van der Waals surface area contributed by atoms with E-state index in [1.165, 1.54) is 19.1 Å². The summed E-state index contributed by atoms with van der Waals surface area (Å²) in [5.41, 5.74) is 1.05. The van der Waals surface area contributed by atoms with Crippen LogP contribution in [-0.2, 0) is 26.0 Å². The normalized spacial score (nSPS) is 16.4. The zero-order chi connectivity index (χ0) is 18.4. The fourth-order valence-electron chi connectivity index (χ4n) is 3.29. The third-order valence-corrected chi connectivity index (χ3v) is 5.88. The molecule has 0 aliphatic heterocycles. The summed E-state index contributed by atoms with van der Waals surface area (Å²) in [6.07, 6.45) is 5.44. The number of aryl methyl sites for hydroxylation is 1. The van der Waals surface area contributed by atoms with Crippen LogP contribution in [0.3, 0.4) is 0 Å². The molecule has 1 aromatic rings. The molecule has 2 amide bonds. The van der Waals surface area contributed by atoms with Gasteiger partial charge in [-0.15, -0.1) is 0 Å². The Kier molecular flexibility index (Phi) is 6.58. The van der Waals surface area contributed by atoms with Gasteiger partial charge in [-0.25, -0.2) is 13.1 Å². The molecule has 138 valence electrons. The highest BCUT2D eigenvalue weighted by molar-refractivity contribution is 7.90. The van der Waals surface area contributed by atoms with Crippen LogP contribution >= 0.6 is 0 Å². The Labute approximate surface area is 149 Å². The van der Waals surface area contributed by atoms with Crippen LogP contribution in [-0.4, -0.2) is 26.3 Å². The van der Waals surface area contributed by atoms with Crippen LogP contribution in [0.25, 0.3) is 0 Å². The molecular formula is C18H26N2O4S. The molecule has 1 atom stereocenters. The first-order valence-corrected chi connectivity index (χ1v) is 10.2. The number of benzene rings is 1. The van der Waals surface area contributed by atoms with Crippen molar-refractivity contribution in [3.05, 3.63) is 29.8 Å². The van der Waals surface area contributed by atoms with Crippen molar-refractivity contribution in [1.29, 1.82) is 0 Å². The molecule has 1 aliphatic carbocycles. The van der Waals surface area contributed by atoms with E-state index in [1.807, 2.05) is 0 Å². The van der Waals surface area contributed by atoms with Crippen LogP contribution in [0.1, 0.15) is 51.5 Å². The second-order valence-electron chi connectivity index (χ2n) is 6.59. The molecule has 1 fully saturated rings. The maximum Gasteiger partial charge on any atom is 0.264 e. The highest BCUT2D eigenvalue weighted by Crippen LogP contribution is 2.28. The predicted octanol–water partition coefficient (Wildman–Crippen LogP) is 2.14. The van der Waals surface area contributed by atoms with Crippen LogP contribution in [0, 0.1) is 5.92 Å². The minimum atomic E-state index is -3.95. The summed E-state index contributed by atoms with van der Waals surface area (Å²) >= 11 is 0. The summed E-state index contributed by atoms with van der Waals surface area (Å²) in [7, 11) is -3.95. The fourth-order valence-corrected chi connectivity index (χ4v) is 4.29. The van der Waals surface area contributed by atoms with Gasteiger partial charge in [0.2, 0.25) is 5.91 Å². The van der Waals surface area contributed by atoms with Crippen LogP contribution in [0.2, 0.25) is 0 Å². The number of nitrogens with one attached hydrogen (secondary N) is 2. The van der Waals surface area contributed by atoms with E-state index >= 15 is 0 Å². The predicted molar refractivity (Wildman–Crippen MR) is 95.3 cm³/mol. The molecule has 6 nitrogen and oxygen atoms in total. The van der Waals surface area contributed by atoms with E-state index in [0.29, 0.717) is 0 Å². The first-order chi connectivity index (χ1) is 11.8. The van der Waals surface area contributed by atoms with Crippen molar-refractivity contribution in [3.63, 3.8) is 0 Å². The maximum atomic E-state index is 12.5. The molecule has 2 rings (SSSR count). The van der Waals surface area contributed by atoms with Crippen LogP contribution in [0.5, 0.6) is 0 Å². The van der Waals surface area contributed by atoms with Gasteiger partial charge in [-0.05, 0) is 42.9 Å². The van der Waals surface area contributed by atoms with Gasteiger partial charge in [-0.3, -0.25) is 9.59 Å². The van der Waals surface area contributed by atoms with E-state index in [-0.39, 0.29) is 16.7 Å². The molecule has 1 aliphatic rings. The summed E-state index contributed by atoms with van der Waals surface area (Å²) in [5, 5.41) is 2.61. The molecule has 1 unspecified atom stereocenters. The van der Waals surface area contributed by atoms with Gasteiger partial charge in [0, 0.05) is 6.92 Å². The van der Waals surface area contributed by atoms with E-state index in [9.17, 15) is 18.0 Å². The maximum absolute atomic E-state index is 12.5. The molecule has 1 saturated carbocycles. The van der Waals surface area contributed by atoms with Gasteiger partial charge in [0.1, 0.15) is 6.04 Å². The lowest BCUT2D eigenvalue weighted by atomic mass is 9.97. The number of carbonyl (C=O) groups excluding carboxylic acids is 2. The molecule has 1 aromatic carbocycles. The average Bonchev–Trinajstić information content (AvgIpc) is 3.07. The first-order valence-electron chi connectivity index (χ1n) is 8.76. The lowest BCUT2D eigenvalue weighted by molar-refractivity contribution is -0.128. The van der Waals surface area contributed by atoms with Crippen molar-refractivity contribution in [3.8, 4) is 0 Å². The molecule has 7 heteroatoms. The van der Waals surface area contributed by atoms with Crippen molar-refractivity contribution < 1.29 is 18.0 Å². The third-order valence-electron chi connectivity index (χ3n) is 4.52. The molecule has 2 N–H and O–H groups in total. The summed E-state index contributed by atoms with van der Waals surface area (Å²) in [4.78, 5) is 24.0. The minimum absolute atomic E-state index is 0.0222. The highest BCUT2D eigenvalue weighted by Gasteiger charge is 2.33. The Bertz CT molecular complexity index is 707. The van der Waals surface area contributed by atoms with Crippen molar-refractivity contribution in [1.82, 2.24) is 10.0 Å². The lowest BCUT2D eigenvalue weighted by Crippen LogP contribution is -2.51. The Hall–Kier alpha value is -1.89. The SMILES string of the molecule is CCCc1ccc(S(=O)(=O)NC(=O)C(NC(C)=O)C2CCCC2)cc1. The molecule has 0 aromatic heterocycles. The van der Waals surface area contributed by atoms with Gasteiger partial charge in [0.15, 0.2) is 0 Å². The molecule has 0 radical (unpaired) electrons. The topological polar surface area (TPSA) is 92.3 Å². The number of rotatable bonds is 7. The highest BCUT2D eigenvalue weighted by atomic mass is 32.2. The zero-order valence-corrected chi connectivity index (χ0v) is 15.6. The number of sulfonamides is 1. The Morgan fingerprint density at radius 3 is 2.28 bits per heavy atom. The van der Waals surface area contributed by atoms with Crippen molar-refractivity contribution >= 4 is 21.8 Å². The molecular weight excluding hydrogens is 340 g/mol. The van der Waals surface area contributed by atoms with Crippen LogP contribution < -0.4 is 10.0 Å². The monoisotopic (exact) mass is 366 g/mol. The number of hydrogen-bond donors (Lipinski definition) is 2. The van der Waals surface area contributed by atoms with E-state index < -0.39 is 22.0 Å². The first kappa shape index (κ1) is 19.4. The van der Waals surface area contributed by atoms with Crippen molar-refractivity contribution in [2.75, 3.05) is 0 Å². The van der Waals surface area contributed by atoms with Crippen LogP contribution in [0.15, 0.2) is 29.2 Å². The average molecular weight is 366 g/mol. The van der Waals surface area contributed by atoms with E-state index in [0.717, 1.165) is 44.1 Å². The van der Waals surface area contributed by atoms with Gasteiger partial charge in [-0.1, -0.05) is 38.3 Å². The Morgan fingerprint density at radius 1 is 1.16 bits per heavy atom. The van der Waals surface area contributed by atoms with E-state index in [4.69, 9.17) is 0 Å². The second kappa shape index (κ2) is 8.47. The second-order valence-corrected chi connectivity index (χ2v) is 8.27. The Morgan fingerprint density at radius 2 is 1.76 bits per heavy atom. The molecule has 25 heavy (non-hydrogen) atoms. The smallest absolute Gasteiger partial charge is 0.264 e. The van der Waals surface area contributed by atoms with Gasteiger partial charge >= 0.3 is 0 Å². The van der Waals surface area contributed by atoms with Gasteiger partial charge in [0.25, 0.3) is 15.9 Å². The fraction of sp³-hybridized carbons (Fsp3) is 0.556. The van der Waals surface area contributed by atoms with Gasteiger partial charge < -0.3 is 5.32 Å². The molecule has 0 spiro atoms.